The van der Waals surface area contributed by atoms with E-state index in [9.17, 15) is 0 Å². The third kappa shape index (κ3) is 1.51. The summed E-state index contributed by atoms with van der Waals surface area (Å²) in [7, 11) is 0. The molecule has 1 aliphatic rings. The molecule has 0 amide bonds. The predicted molar refractivity (Wildman–Crippen MR) is 51.0 cm³/mol. The van der Waals surface area contributed by atoms with E-state index in [4.69, 9.17) is 0 Å². The van der Waals surface area contributed by atoms with E-state index in [1.54, 1.807) is 0 Å². The van der Waals surface area contributed by atoms with Crippen LogP contribution in [0.2, 0.25) is 0 Å². The van der Waals surface area contributed by atoms with E-state index in [1.807, 2.05) is 0 Å². The minimum atomic E-state index is 0.728. The summed E-state index contributed by atoms with van der Waals surface area (Å²) in [6.07, 6.45) is 1.27. The smallest absolute Gasteiger partial charge is 0.0476 e. The van der Waals surface area contributed by atoms with Crippen molar-refractivity contribution >= 4 is 0 Å². The van der Waals surface area contributed by atoms with Gasteiger partial charge in [-0.3, -0.25) is 4.90 Å². The van der Waals surface area contributed by atoms with Crippen LogP contribution in [0.1, 0.15) is 24.9 Å². The Morgan fingerprint density at radius 2 is 2.08 bits per heavy atom. The van der Waals surface area contributed by atoms with Crippen LogP contribution < -0.4 is 0 Å². The molecule has 2 atom stereocenters. The minimum Gasteiger partial charge on any atom is -0.293 e. The van der Waals surface area contributed by atoms with Crippen LogP contribution in [0.4, 0.5) is 0 Å². The number of hydrogen-bond acceptors (Lipinski definition) is 1. The van der Waals surface area contributed by atoms with Gasteiger partial charge in [-0.15, -0.1) is 0 Å². The van der Waals surface area contributed by atoms with Crippen LogP contribution in [-0.4, -0.2) is 18.0 Å². The van der Waals surface area contributed by atoms with Gasteiger partial charge in [0.05, 0.1) is 0 Å². The first-order chi connectivity index (χ1) is 5.92. The van der Waals surface area contributed by atoms with Crippen LogP contribution >= 0.6 is 0 Å². The topological polar surface area (TPSA) is 3.01 Å². The predicted octanol–water partition coefficient (Wildman–Crippen LogP) is 2.45. The molecule has 64 valence electrons. The quantitative estimate of drug-likeness (QED) is 0.615. The lowest BCUT2D eigenvalue weighted by Gasteiger charge is -2.00. The van der Waals surface area contributed by atoms with Gasteiger partial charge < -0.3 is 0 Å². The summed E-state index contributed by atoms with van der Waals surface area (Å²) in [4.78, 5) is 2.51. The molecule has 1 heterocycles. The molecule has 0 radical (unpaired) electrons. The van der Waals surface area contributed by atoms with Crippen molar-refractivity contribution in [2.75, 3.05) is 13.1 Å². The van der Waals surface area contributed by atoms with E-state index in [1.165, 1.54) is 25.1 Å². The van der Waals surface area contributed by atoms with Crippen molar-refractivity contribution < 1.29 is 0 Å². The number of nitrogens with zero attached hydrogens (tertiary/aromatic N) is 1. The normalized spacial score (nSPS) is 27.1. The second-order valence-corrected chi connectivity index (χ2v) is 3.42. The van der Waals surface area contributed by atoms with Crippen LogP contribution in [0.3, 0.4) is 0 Å². The molecule has 0 saturated carbocycles. The Morgan fingerprint density at radius 1 is 1.33 bits per heavy atom. The molecule has 1 aromatic rings. The largest absolute Gasteiger partial charge is 0.293 e. The van der Waals surface area contributed by atoms with Crippen LogP contribution in [0.25, 0.3) is 0 Å². The van der Waals surface area contributed by atoms with Crippen LogP contribution in [0.15, 0.2) is 30.3 Å². The molecule has 0 N–H and O–H groups in total. The van der Waals surface area contributed by atoms with E-state index >= 15 is 0 Å². The lowest BCUT2D eigenvalue weighted by atomic mass is 10.2. The highest BCUT2D eigenvalue weighted by Gasteiger charge is 2.33. The molecule has 1 fully saturated rings. The van der Waals surface area contributed by atoms with Crippen molar-refractivity contribution in [2.24, 2.45) is 0 Å². The van der Waals surface area contributed by atoms with Gasteiger partial charge in [-0.1, -0.05) is 37.3 Å². The summed E-state index contributed by atoms with van der Waals surface area (Å²) in [5, 5.41) is 0. The molecule has 12 heavy (non-hydrogen) atoms. The van der Waals surface area contributed by atoms with Crippen molar-refractivity contribution in [1.29, 1.82) is 0 Å². The average Bonchev–Trinajstić information content (AvgIpc) is 2.87. The summed E-state index contributed by atoms with van der Waals surface area (Å²) in [6.45, 7) is 4.75. The maximum absolute atomic E-state index is 2.51. The van der Waals surface area contributed by atoms with E-state index in [-0.39, 0.29) is 0 Å². The summed E-state index contributed by atoms with van der Waals surface area (Å²) < 4.78 is 0. The monoisotopic (exact) mass is 161 g/mol. The molecule has 1 nitrogen and oxygen atoms in total. The first-order valence-electron chi connectivity index (χ1n) is 4.71. The Hall–Kier alpha value is -0.820. The van der Waals surface area contributed by atoms with E-state index in [0.717, 1.165) is 6.04 Å². The summed E-state index contributed by atoms with van der Waals surface area (Å²) in [5.74, 6) is 0. The zero-order valence-corrected chi connectivity index (χ0v) is 7.53. The van der Waals surface area contributed by atoms with Crippen LogP contribution in [0.5, 0.6) is 0 Å². The lowest BCUT2D eigenvalue weighted by Crippen LogP contribution is -1.98. The first kappa shape index (κ1) is 7.81. The van der Waals surface area contributed by atoms with Gasteiger partial charge in [0.25, 0.3) is 0 Å². The third-order valence-electron chi connectivity index (χ3n) is 2.41. The number of benzene rings is 1. The molecule has 0 aliphatic carbocycles. The van der Waals surface area contributed by atoms with Gasteiger partial charge in [0.1, 0.15) is 0 Å². The summed E-state index contributed by atoms with van der Waals surface area (Å²) in [6, 6.07) is 11.5. The van der Waals surface area contributed by atoms with Gasteiger partial charge in [-0.05, 0) is 18.5 Å². The molecule has 0 bridgehead atoms. The lowest BCUT2D eigenvalue weighted by molar-refractivity contribution is 0.509. The molecule has 1 saturated heterocycles. The fourth-order valence-electron chi connectivity index (χ4n) is 1.70. The minimum absolute atomic E-state index is 0.728. The first-order valence-corrected chi connectivity index (χ1v) is 4.71. The molecule has 1 aromatic carbocycles. The van der Waals surface area contributed by atoms with Gasteiger partial charge in [-0.25, -0.2) is 0 Å². The molecule has 2 unspecified atom stereocenters. The van der Waals surface area contributed by atoms with Gasteiger partial charge in [0.2, 0.25) is 0 Å². The Balaban J connectivity index is 1.97. The van der Waals surface area contributed by atoms with E-state index in [0.29, 0.717) is 0 Å². The Morgan fingerprint density at radius 3 is 2.75 bits per heavy atom. The highest BCUT2D eigenvalue weighted by atomic mass is 15.3. The molecule has 0 spiro atoms. The highest BCUT2D eigenvalue weighted by Crippen LogP contribution is 2.33. The number of rotatable bonds is 3. The van der Waals surface area contributed by atoms with Gasteiger partial charge >= 0.3 is 0 Å². The van der Waals surface area contributed by atoms with Crippen molar-refractivity contribution in [3.8, 4) is 0 Å². The molecule has 2 rings (SSSR count). The summed E-state index contributed by atoms with van der Waals surface area (Å²) in [5.41, 5.74) is 1.48. The van der Waals surface area contributed by atoms with Crippen LogP contribution in [-0.2, 0) is 0 Å². The average molecular weight is 161 g/mol. The second kappa shape index (κ2) is 3.28. The fraction of sp³-hybridized carbons (Fsp3) is 0.455. The molecule has 0 aromatic heterocycles. The standard InChI is InChI=1S/C11H15N/c1-2-8-12-9-11(12)10-6-4-3-5-7-10/h3-7,11H,2,8-9H2,1H3. The van der Waals surface area contributed by atoms with E-state index < -0.39 is 0 Å². The fourth-order valence-corrected chi connectivity index (χ4v) is 1.70. The Bertz CT molecular complexity index is 242. The zero-order chi connectivity index (χ0) is 8.39. The maximum atomic E-state index is 2.51. The van der Waals surface area contributed by atoms with Crippen molar-refractivity contribution in [3.05, 3.63) is 35.9 Å². The van der Waals surface area contributed by atoms with Crippen LogP contribution in [0, 0.1) is 0 Å². The molecular formula is C11H15N. The summed E-state index contributed by atoms with van der Waals surface area (Å²) >= 11 is 0. The number of hydrogen-bond donors (Lipinski definition) is 0. The third-order valence-corrected chi connectivity index (χ3v) is 2.41. The van der Waals surface area contributed by atoms with Crippen molar-refractivity contribution in [3.63, 3.8) is 0 Å². The maximum Gasteiger partial charge on any atom is 0.0476 e. The van der Waals surface area contributed by atoms with Gasteiger partial charge in [0, 0.05) is 12.6 Å². The van der Waals surface area contributed by atoms with Gasteiger partial charge in [0.15, 0.2) is 0 Å². The van der Waals surface area contributed by atoms with Crippen molar-refractivity contribution in [2.45, 2.75) is 19.4 Å². The van der Waals surface area contributed by atoms with Gasteiger partial charge in [-0.2, -0.15) is 0 Å². The Kier molecular flexibility index (Phi) is 2.13. The van der Waals surface area contributed by atoms with Crippen molar-refractivity contribution in [1.82, 2.24) is 4.90 Å². The second-order valence-electron chi connectivity index (χ2n) is 3.42. The molecule has 1 aliphatic heterocycles. The SMILES string of the molecule is CCCN1CC1c1ccccc1. The zero-order valence-electron chi connectivity index (χ0n) is 7.53. The molecular weight excluding hydrogens is 146 g/mol. The highest BCUT2D eigenvalue weighted by molar-refractivity contribution is 5.23. The Labute approximate surface area is 74.0 Å². The van der Waals surface area contributed by atoms with E-state index in [2.05, 4.69) is 42.2 Å². The molecule has 1 heteroatoms.